The molecule has 5 heteroatoms. The Bertz CT molecular complexity index is 533. The van der Waals surface area contributed by atoms with Crippen molar-refractivity contribution in [2.45, 2.75) is 13.3 Å². The van der Waals surface area contributed by atoms with E-state index >= 15 is 0 Å². The zero-order valence-electron chi connectivity index (χ0n) is 10.1. The molecule has 0 atom stereocenters. The molecule has 1 aromatic heterocycles. The summed E-state index contributed by atoms with van der Waals surface area (Å²) in [6.45, 7) is 2.04. The molecule has 18 heavy (non-hydrogen) atoms. The van der Waals surface area contributed by atoms with Crippen LogP contribution in [0.1, 0.15) is 12.0 Å². The van der Waals surface area contributed by atoms with Gasteiger partial charge in [0, 0.05) is 12.5 Å². The minimum absolute atomic E-state index is 0.0769. The zero-order chi connectivity index (χ0) is 13.0. The van der Waals surface area contributed by atoms with Gasteiger partial charge in [-0.05, 0) is 18.2 Å². The van der Waals surface area contributed by atoms with Gasteiger partial charge in [0.1, 0.15) is 0 Å². The molecule has 2 N–H and O–H groups in total. The van der Waals surface area contributed by atoms with E-state index in [1.807, 2.05) is 37.3 Å². The molecule has 4 nitrogen and oxygen atoms in total. The molecule has 1 amide bonds. The summed E-state index contributed by atoms with van der Waals surface area (Å²) in [5, 5.41) is 9.67. The average Bonchev–Trinajstić information content (AvgIpc) is 2.78. The molecule has 0 radical (unpaired) electrons. The third kappa shape index (κ3) is 3.13. The van der Waals surface area contributed by atoms with Crippen LogP contribution in [-0.4, -0.2) is 21.9 Å². The van der Waals surface area contributed by atoms with Crippen LogP contribution in [0.5, 0.6) is 0 Å². The van der Waals surface area contributed by atoms with Gasteiger partial charge in [-0.25, -0.2) is 0 Å². The molecule has 94 valence electrons. The van der Waals surface area contributed by atoms with E-state index in [2.05, 4.69) is 28.1 Å². The molecule has 0 unspecified atom stereocenters. The summed E-state index contributed by atoms with van der Waals surface area (Å²) < 4.78 is 0. The van der Waals surface area contributed by atoms with E-state index in [4.69, 9.17) is 0 Å². The number of anilines is 1. The van der Waals surface area contributed by atoms with Gasteiger partial charge in [0.15, 0.2) is 5.82 Å². The highest BCUT2D eigenvalue weighted by atomic mass is 32.1. The van der Waals surface area contributed by atoms with Crippen molar-refractivity contribution in [3.63, 3.8) is 0 Å². The van der Waals surface area contributed by atoms with E-state index in [1.165, 1.54) is 5.56 Å². The van der Waals surface area contributed by atoms with Crippen molar-refractivity contribution in [3.05, 3.63) is 35.9 Å². The molecule has 0 bridgehead atoms. The number of aromatic amines is 1. The molecular weight excluding hydrogens is 246 g/mol. The van der Waals surface area contributed by atoms with Gasteiger partial charge >= 0.3 is 0 Å². The smallest absolute Gasteiger partial charge is 0.226 e. The maximum absolute atomic E-state index is 11.4. The molecule has 2 aromatic rings. The molecule has 0 aliphatic heterocycles. The van der Waals surface area contributed by atoms with Gasteiger partial charge in [-0.3, -0.25) is 9.89 Å². The highest BCUT2D eigenvalue weighted by Crippen LogP contribution is 2.20. The predicted molar refractivity (Wildman–Crippen MR) is 75.9 cm³/mol. The molecule has 0 aliphatic carbocycles. The summed E-state index contributed by atoms with van der Waals surface area (Å²) in [6.07, 6.45) is 0.385. The summed E-state index contributed by atoms with van der Waals surface area (Å²) in [5.74, 6) is 0.991. The minimum atomic E-state index is -0.0769. The first-order chi connectivity index (χ1) is 8.69. The van der Waals surface area contributed by atoms with Crippen molar-refractivity contribution in [2.75, 3.05) is 11.1 Å². The van der Waals surface area contributed by atoms with E-state index < -0.39 is 0 Å². The summed E-state index contributed by atoms with van der Waals surface area (Å²) in [5.41, 5.74) is 3.14. The van der Waals surface area contributed by atoms with Gasteiger partial charge in [0.25, 0.3) is 0 Å². The maximum atomic E-state index is 11.4. The molecule has 0 saturated heterocycles. The number of rotatable bonds is 4. The Hall–Kier alpha value is -1.75. The molecule has 0 spiro atoms. The number of aryl methyl sites for hydroxylation is 1. The highest BCUT2D eigenvalue weighted by molar-refractivity contribution is 7.80. The van der Waals surface area contributed by atoms with Gasteiger partial charge in [0.2, 0.25) is 5.91 Å². The molecular formula is C13H15N3OS. The topological polar surface area (TPSA) is 57.8 Å². The number of nitrogens with zero attached hydrogens (tertiary/aromatic N) is 1. The number of nitrogens with one attached hydrogen (secondary N) is 2. The largest absolute Gasteiger partial charge is 0.309 e. The lowest BCUT2D eigenvalue weighted by Crippen LogP contribution is -2.11. The Balaban J connectivity index is 2.10. The average molecular weight is 261 g/mol. The van der Waals surface area contributed by atoms with Crippen LogP contribution in [0.2, 0.25) is 0 Å². The monoisotopic (exact) mass is 261 g/mol. The molecule has 0 saturated carbocycles. The quantitative estimate of drug-likeness (QED) is 0.741. The van der Waals surface area contributed by atoms with Crippen LogP contribution in [0, 0.1) is 6.92 Å². The lowest BCUT2D eigenvalue weighted by Gasteiger charge is -1.98. The normalized spacial score (nSPS) is 10.3. The molecule has 1 heterocycles. The number of carbonyl (C=O) groups is 1. The highest BCUT2D eigenvalue weighted by Gasteiger charge is 2.06. The van der Waals surface area contributed by atoms with E-state index in [1.54, 1.807) is 0 Å². The summed E-state index contributed by atoms with van der Waals surface area (Å²) >= 11 is 4.01. The predicted octanol–water partition coefficient (Wildman–Crippen LogP) is 2.64. The van der Waals surface area contributed by atoms with Crippen LogP contribution in [0.4, 0.5) is 5.82 Å². The van der Waals surface area contributed by atoms with Crippen LogP contribution in [0.3, 0.4) is 0 Å². The van der Waals surface area contributed by atoms with Crippen molar-refractivity contribution in [3.8, 4) is 11.3 Å². The van der Waals surface area contributed by atoms with E-state index in [0.717, 1.165) is 11.3 Å². The van der Waals surface area contributed by atoms with Gasteiger partial charge in [-0.15, -0.1) is 0 Å². The van der Waals surface area contributed by atoms with E-state index in [9.17, 15) is 4.79 Å². The van der Waals surface area contributed by atoms with Gasteiger partial charge in [0.05, 0.1) is 5.69 Å². The molecule has 2 rings (SSSR count). The number of hydrogen-bond acceptors (Lipinski definition) is 3. The van der Waals surface area contributed by atoms with E-state index in [-0.39, 0.29) is 5.91 Å². The first-order valence-corrected chi connectivity index (χ1v) is 6.35. The van der Waals surface area contributed by atoms with Crippen molar-refractivity contribution < 1.29 is 4.79 Å². The molecule has 0 aliphatic rings. The third-order valence-corrected chi connectivity index (χ3v) is 2.77. The van der Waals surface area contributed by atoms with Crippen LogP contribution in [0.25, 0.3) is 11.3 Å². The number of H-pyrrole nitrogens is 1. The standard InChI is InChI=1S/C13H15N3OS/c1-9-2-4-10(5-3-9)11-8-12(16-15-11)14-13(17)6-7-18/h2-5,8,18H,6-7H2,1H3,(H2,14,15,16,17). The first kappa shape index (κ1) is 12.7. The van der Waals surface area contributed by atoms with Crippen LogP contribution >= 0.6 is 12.6 Å². The Labute approximate surface area is 111 Å². The number of hydrogen-bond donors (Lipinski definition) is 3. The number of benzene rings is 1. The minimum Gasteiger partial charge on any atom is -0.309 e. The van der Waals surface area contributed by atoms with Crippen LogP contribution in [0.15, 0.2) is 30.3 Å². The summed E-state index contributed by atoms with van der Waals surface area (Å²) in [7, 11) is 0. The fraction of sp³-hybridized carbons (Fsp3) is 0.231. The SMILES string of the molecule is Cc1ccc(-c2cc(NC(=O)CCS)n[nH]2)cc1. The van der Waals surface area contributed by atoms with E-state index in [0.29, 0.717) is 18.0 Å². The summed E-state index contributed by atoms with van der Waals surface area (Å²) in [6, 6.07) is 9.93. The Kier molecular flexibility index (Phi) is 4.04. The first-order valence-electron chi connectivity index (χ1n) is 5.72. The number of aromatic nitrogens is 2. The lowest BCUT2D eigenvalue weighted by atomic mass is 10.1. The molecule has 0 fully saturated rings. The van der Waals surface area contributed by atoms with Crippen molar-refractivity contribution in [1.29, 1.82) is 0 Å². The third-order valence-electron chi connectivity index (χ3n) is 2.55. The number of amides is 1. The van der Waals surface area contributed by atoms with Crippen LogP contribution < -0.4 is 5.32 Å². The number of carbonyl (C=O) groups excluding carboxylic acids is 1. The van der Waals surface area contributed by atoms with Crippen LogP contribution in [-0.2, 0) is 4.79 Å². The Morgan fingerprint density at radius 1 is 1.39 bits per heavy atom. The molecule has 1 aromatic carbocycles. The van der Waals surface area contributed by atoms with Gasteiger partial charge < -0.3 is 5.32 Å². The van der Waals surface area contributed by atoms with Crippen molar-refractivity contribution >= 4 is 24.4 Å². The lowest BCUT2D eigenvalue weighted by molar-refractivity contribution is -0.115. The summed E-state index contributed by atoms with van der Waals surface area (Å²) in [4.78, 5) is 11.4. The zero-order valence-corrected chi connectivity index (χ0v) is 11.0. The second-order valence-corrected chi connectivity index (χ2v) is 4.50. The van der Waals surface area contributed by atoms with Gasteiger partial charge in [-0.1, -0.05) is 29.8 Å². The Morgan fingerprint density at radius 2 is 2.11 bits per heavy atom. The Morgan fingerprint density at radius 3 is 2.78 bits per heavy atom. The van der Waals surface area contributed by atoms with Gasteiger partial charge in [-0.2, -0.15) is 17.7 Å². The fourth-order valence-electron chi connectivity index (χ4n) is 1.57. The maximum Gasteiger partial charge on any atom is 0.226 e. The fourth-order valence-corrected chi connectivity index (χ4v) is 1.78. The van der Waals surface area contributed by atoms with Crippen molar-refractivity contribution in [2.24, 2.45) is 0 Å². The van der Waals surface area contributed by atoms with Crippen molar-refractivity contribution in [1.82, 2.24) is 10.2 Å². The second-order valence-electron chi connectivity index (χ2n) is 4.05. The second kappa shape index (κ2) is 5.73. The number of thiol groups is 1.